The molecule has 0 saturated carbocycles. The summed E-state index contributed by atoms with van der Waals surface area (Å²) in [5, 5.41) is 12.1. The van der Waals surface area contributed by atoms with E-state index in [2.05, 4.69) is 20.6 Å². The van der Waals surface area contributed by atoms with Crippen molar-refractivity contribution in [3.8, 4) is 11.3 Å². The van der Waals surface area contributed by atoms with Crippen LogP contribution >= 0.6 is 0 Å². The van der Waals surface area contributed by atoms with Gasteiger partial charge in [0.15, 0.2) is 0 Å². The first-order valence-electron chi connectivity index (χ1n) is 15.0. The summed E-state index contributed by atoms with van der Waals surface area (Å²) in [6, 6.07) is 22.2. The summed E-state index contributed by atoms with van der Waals surface area (Å²) in [5.74, 6) is 0.541. The minimum atomic E-state index is -0.594. The first-order chi connectivity index (χ1) is 21.7. The van der Waals surface area contributed by atoms with Gasteiger partial charge < -0.3 is 26.0 Å². The van der Waals surface area contributed by atoms with Gasteiger partial charge in [-0.1, -0.05) is 36.4 Å². The lowest BCUT2D eigenvalue weighted by Gasteiger charge is -2.34. The lowest BCUT2D eigenvalue weighted by molar-refractivity contribution is 0.0169. The van der Waals surface area contributed by atoms with E-state index in [1.165, 1.54) is 0 Å². The Hall–Kier alpha value is -5.45. The normalized spacial score (nSPS) is 15.1. The van der Waals surface area contributed by atoms with E-state index >= 15 is 0 Å². The third-order valence-corrected chi connectivity index (χ3v) is 7.53. The number of nitrogens with one attached hydrogen (secondary N) is 2. The summed E-state index contributed by atoms with van der Waals surface area (Å²) in [7, 11) is 0. The van der Waals surface area contributed by atoms with E-state index < -0.39 is 5.60 Å². The molecule has 230 valence electrons. The number of benzene rings is 2. The van der Waals surface area contributed by atoms with Crippen molar-refractivity contribution >= 4 is 45.9 Å². The number of likely N-dealkylation sites (tertiary alicyclic amines) is 1. The van der Waals surface area contributed by atoms with E-state index in [1.807, 2.05) is 74.0 Å². The van der Waals surface area contributed by atoms with Gasteiger partial charge in [-0.2, -0.15) is 5.10 Å². The maximum atomic E-state index is 13.0. The van der Waals surface area contributed by atoms with Crippen LogP contribution in [0.4, 0.5) is 27.8 Å². The van der Waals surface area contributed by atoms with Crippen molar-refractivity contribution in [3.63, 3.8) is 0 Å². The number of nitrogen functional groups attached to an aromatic ring is 1. The van der Waals surface area contributed by atoms with Crippen molar-refractivity contribution in [3.05, 3.63) is 90.8 Å². The largest absolute Gasteiger partial charge is 0.444 e. The van der Waals surface area contributed by atoms with Crippen LogP contribution in [0.15, 0.2) is 85.2 Å². The molecule has 1 saturated heterocycles. The maximum Gasteiger partial charge on any atom is 0.410 e. The number of pyridine rings is 2. The van der Waals surface area contributed by atoms with Crippen LogP contribution in [0, 0.1) is 0 Å². The Balaban J connectivity index is 1.40. The molecule has 0 bridgehead atoms. The van der Waals surface area contributed by atoms with E-state index in [0.717, 1.165) is 35.3 Å². The van der Waals surface area contributed by atoms with Crippen molar-refractivity contribution in [1.29, 1.82) is 0 Å². The van der Waals surface area contributed by atoms with Crippen LogP contribution in [0.1, 0.15) is 50.0 Å². The molecule has 1 fully saturated rings. The molecule has 4 heterocycles. The van der Waals surface area contributed by atoms with Gasteiger partial charge in [0.25, 0.3) is 5.91 Å². The summed E-state index contributed by atoms with van der Waals surface area (Å²) >= 11 is 0. The van der Waals surface area contributed by atoms with Gasteiger partial charge in [-0.3, -0.25) is 9.48 Å². The predicted molar refractivity (Wildman–Crippen MR) is 175 cm³/mol. The minimum absolute atomic E-state index is 0.135. The highest BCUT2D eigenvalue weighted by molar-refractivity contribution is 6.07. The quantitative estimate of drug-likeness (QED) is 0.196. The van der Waals surface area contributed by atoms with Crippen LogP contribution in [0.25, 0.3) is 22.2 Å². The fourth-order valence-corrected chi connectivity index (χ4v) is 5.48. The van der Waals surface area contributed by atoms with Crippen molar-refractivity contribution < 1.29 is 14.3 Å². The average Bonchev–Trinajstić information content (AvgIpc) is 3.45. The molecule has 1 aliphatic rings. The van der Waals surface area contributed by atoms with E-state index in [4.69, 9.17) is 15.6 Å². The molecule has 0 unspecified atom stereocenters. The Morgan fingerprint density at radius 3 is 2.44 bits per heavy atom. The van der Waals surface area contributed by atoms with Gasteiger partial charge in [0, 0.05) is 36.1 Å². The van der Waals surface area contributed by atoms with E-state index in [0.29, 0.717) is 41.4 Å². The van der Waals surface area contributed by atoms with Crippen molar-refractivity contribution in [2.24, 2.45) is 0 Å². The first-order valence-corrected chi connectivity index (χ1v) is 15.0. The molecule has 1 atom stereocenters. The van der Waals surface area contributed by atoms with Gasteiger partial charge in [-0.15, -0.1) is 0 Å². The molecule has 11 nitrogen and oxygen atoms in total. The fraction of sp³-hybridized carbons (Fsp3) is 0.265. The van der Waals surface area contributed by atoms with Crippen molar-refractivity contribution in [1.82, 2.24) is 24.6 Å². The molecule has 11 heteroatoms. The van der Waals surface area contributed by atoms with Crippen molar-refractivity contribution in [2.75, 3.05) is 29.5 Å². The predicted octanol–water partition coefficient (Wildman–Crippen LogP) is 6.64. The number of rotatable bonds is 6. The number of nitrogens with two attached hydrogens (primary N) is 1. The fourth-order valence-electron chi connectivity index (χ4n) is 5.48. The molecule has 0 spiro atoms. The van der Waals surface area contributed by atoms with Crippen LogP contribution in [0.2, 0.25) is 0 Å². The lowest BCUT2D eigenvalue weighted by atomic mass is 10.0. The smallest absolute Gasteiger partial charge is 0.410 e. The monoisotopic (exact) mass is 604 g/mol. The lowest BCUT2D eigenvalue weighted by Crippen LogP contribution is -2.43. The van der Waals surface area contributed by atoms with Crippen LogP contribution < -0.4 is 16.4 Å². The Morgan fingerprint density at radius 2 is 1.73 bits per heavy atom. The van der Waals surface area contributed by atoms with Crippen molar-refractivity contribution in [2.45, 2.75) is 45.3 Å². The second kappa shape index (κ2) is 12.3. The number of anilines is 4. The molecule has 1 aliphatic heterocycles. The van der Waals surface area contributed by atoms with Crippen LogP contribution in [-0.2, 0) is 4.74 Å². The second-order valence-corrected chi connectivity index (χ2v) is 12.0. The molecule has 0 radical (unpaired) electrons. The van der Waals surface area contributed by atoms with Gasteiger partial charge >= 0.3 is 6.09 Å². The summed E-state index contributed by atoms with van der Waals surface area (Å²) in [5.41, 5.74) is 10.3. The van der Waals surface area contributed by atoms with E-state index in [-0.39, 0.29) is 18.0 Å². The van der Waals surface area contributed by atoms with Gasteiger partial charge in [0.1, 0.15) is 22.9 Å². The summed E-state index contributed by atoms with van der Waals surface area (Å²) in [6.07, 6.45) is 4.61. The molecule has 3 aromatic heterocycles. The zero-order valence-corrected chi connectivity index (χ0v) is 25.5. The molecule has 6 rings (SSSR count). The molecule has 45 heavy (non-hydrogen) atoms. The van der Waals surface area contributed by atoms with E-state index in [9.17, 15) is 9.59 Å². The number of aromatic nitrogens is 4. The Morgan fingerprint density at radius 1 is 0.978 bits per heavy atom. The average molecular weight is 605 g/mol. The number of fused-ring (bicyclic) bond motifs is 1. The Labute approximate surface area is 261 Å². The summed E-state index contributed by atoms with van der Waals surface area (Å²) in [4.78, 5) is 36.4. The van der Waals surface area contributed by atoms with Gasteiger partial charge in [0.05, 0.1) is 28.8 Å². The number of ether oxygens (including phenoxy) is 1. The number of hydrogen-bond donors (Lipinski definition) is 3. The number of carbonyl (C=O) groups excluding carboxylic acids is 2. The molecule has 5 aromatic rings. The number of carbonyl (C=O) groups is 2. The molecule has 2 aromatic carbocycles. The molecular formula is C34H36N8O3. The van der Waals surface area contributed by atoms with Gasteiger partial charge in [0.2, 0.25) is 0 Å². The molecule has 2 amide bonds. The molecule has 0 aliphatic carbocycles. The summed E-state index contributed by atoms with van der Waals surface area (Å²) in [6.45, 7) is 6.64. The minimum Gasteiger partial charge on any atom is -0.444 e. The third-order valence-electron chi connectivity index (χ3n) is 7.53. The molecular weight excluding hydrogens is 568 g/mol. The number of piperidine rings is 1. The second-order valence-electron chi connectivity index (χ2n) is 12.0. The standard InChI is InChI=1S/C34H36N8O3/c1-34(2,3)45-33(44)41-19-9-12-25(21-41)42-30-26(38-24-10-5-4-6-11-24)20-37-31(35)28(30)29(40-42)22-14-16-23(17-15-22)32(43)39-27-13-7-8-18-36-27/h4-8,10-11,13-18,20,25,38H,9,12,19,21H2,1-3H3,(H2,35,37)(H,36,39,43)/t25-/m1/s1. The highest BCUT2D eigenvalue weighted by atomic mass is 16.6. The number of nitrogens with zero attached hydrogens (tertiary/aromatic N) is 5. The van der Waals surface area contributed by atoms with Crippen LogP contribution in [0.5, 0.6) is 0 Å². The molecule has 4 N–H and O–H groups in total. The SMILES string of the molecule is CC(C)(C)OC(=O)N1CCC[C@@H](n2nc(-c3ccc(C(=O)Nc4ccccn4)cc3)c3c(N)ncc(Nc4ccccc4)c32)C1. The van der Waals surface area contributed by atoms with Gasteiger partial charge in [-0.25, -0.2) is 14.8 Å². The topological polar surface area (TPSA) is 140 Å². The van der Waals surface area contributed by atoms with Gasteiger partial charge in [-0.05, 0) is 70.0 Å². The number of amides is 2. The highest BCUT2D eigenvalue weighted by Gasteiger charge is 2.31. The van der Waals surface area contributed by atoms with Crippen LogP contribution in [-0.4, -0.2) is 55.3 Å². The highest BCUT2D eigenvalue weighted by Crippen LogP contribution is 2.39. The number of hydrogen-bond acceptors (Lipinski definition) is 8. The first kappa shape index (κ1) is 29.6. The Kier molecular flexibility index (Phi) is 8.08. The van der Waals surface area contributed by atoms with E-state index in [1.54, 1.807) is 41.6 Å². The zero-order chi connectivity index (χ0) is 31.6. The number of para-hydroxylation sites is 1. The third kappa shape index (κ3) is 6.57. The summed E-state index contributed by atoms with van der Waals surface area (Å²) < 4.78 is 7.66. The Bertz CT molecular complexity index is 1820. The van der Waals surface area contributed by atoms with Crippen LogP contribution in [0.3, 0.4) is 0 Å². The zero-order valence-electron chi connectivity index (χ0n) is 25.5. The maximum absolute atomic E-state index is 13.0.